The largest absolute Gasteiger partial charge is 0.331 e. The molecule has 1 N–H and O–H groups in total. The monoisotopic (exact) mass is 307 g/mol. The quantitative estimate of drug-likeness (QED) is 0.849. The van der Waals surface area contributed by atoms with Crippen LogP contribution in [-0.2, 0) is 13.1 Å². The van der Waals surface area contributed by atoms with Crippen LogP contribution in [0.15, 0.2) is 12.1 Å². The van der Waals surface area contributed by atoms with Crippen LogP contribution < -0.4 is 0 Å². The van der Waals surface area contributed by atoms with Crippen molar-refractivity contribution in [3.63, 3.8) is 0 Å². The molecule has 0 bridgehead atoms. The Labute approximate surface area is 128 Å². The second-order valence-corrected chi connectivity index (χ2v) is 7.05. The van der Waals surface area contributed by atoms with E-state index in [0.717, 1.165) is 34.3 Å². The van der Waals surface area contributed by atoms with E-state index in [1.54, 1.807) is 0 Å². The number of aromatic amines is 1. The van der Waals surface area contributed by atoms with Gasteiger partial charge in [0.1, 0.15) is 0 Å². The van der Waals surface area contributed by atoms with Crippen molar-refractivity contribution in [3.05, 3.63) is 27.5 Å². The third-order valence-electron chi connectivity index (χ3n) is 4.54. The van der Waals surface area contributed by atoms with Gasteiger partial charge in [0.15, 0.2) is 4.77 Å². The highest BCUT2D eigenvalue weighted by Crippen LogP contribution is 2.34. The molecule has 1 aliphatic heterocycles. The molecule has 1 fully saturated rings. The van der Waals surface area contributed by atoms with Crippen LogP contribution in [0.2, 0.25) is 5.02 Å². The van der Waals surface area contributed by atoms with Crippen LogP contribution in [-0.4, -0.2) is 27.0 Å². The van der Waals surface area contributed by atoms with E-state index >= 15 is 0 Å². The van der Waals surface area contributed by atoms with Gasteiger partial charge in [-0.05, 0) is 55.6 Å². The third kappa shape index (κ3) is 2.10. The van der Waals surface area contributed by atoms with Gasteiger partial charge in [-0.1, -0.05) is 11.6 Å². The Balaban J connectivity index is 1.85. The van der Waals surface area contributed by atoms with Crippen molar-refractivity contribution in [1.82, 2.24) is 14.5 Å². The lowest BCUT2D eigenvalue weighted by molar-refractivity contribution is 0.181. The predicted molar refractivity (Wildman–Crippen MR) is 84.7 cm³/mol. The molecule has 0 spiro atoms. The van der Waals surface area contributed by atoms with Crippen LogP contribution in [0.3, 0.4) is 0 Å². The molecular weight excluding hydrogens is 290 g/mol. The second-order valence-electron chi connectivity index (χ2n) is 6.22. The lowest BCUT2D eigenvalue weighted by atomic mass is 10.1. The molecule has 2 aliphatic rings. The summed E-state index contributed by atoms with van der Waals surface area (Å²) in [6, 6.07) is 4.59. The Morgan fingerprint density at radius 1 is 1.40 bits per heavy atom. The van der Waals surface area contributed by atoms with E-state index in [0.29, 0.717) is 6.04 Å². The minimum absolute atomic E-state index is 0.507. The molecule has 4 rings (SSSR count). The molecule has 3 nitrogen and oxygen atoms in total. The van der Waals surface area contributed by atoms with Crippen molar-refractivity contribution in [2.24, 2.45) is 5.92 Å². The van der Waals surface area contributed by atoms with Crippen LogP contribution in [0.5, 0.6) is 0 Å². The molecule has 0 saturated heterocycles. The SMILES string of the molecule is C[C@H]1Cn2c(=S)[nH]c3cc(Cl)cc(c32)CN1CC1CC1. The van der Waals surface area contributed by atoms with Gasteiger partial charge in [0.2, 0.25) is 0 Å². The van der Waals surface area contributed by atoms with E-state index in [9.17, 15) is 0 Å². The summed E-state index contributed by atoms with van der Waals surface area (Å²) in [6.45, 7) is 5.44. The van der Waals surface area contributed by atoms with E-state index in [4.69, 9.17) is 23.8 Å². The molecule has 106 valence electrons. The minimum Gasteiger partial charge on any atom is -0.331 e. The summed E-state index contributed by atoms with van der Waals surface area (Å²) >= 11 is 11.7. The van der Waals surface area contributed by atoms with Gasteiger partial charge in [0.05, 0.1) is 11.0 Å². The molecule has 1 aliphatic carbocycles. The maximum Gasteiger partial charge on any atom is 0.178 e. The third-order valence-corrected chi connectivity index (χ3v) is 5.08. The average molecular weight is 308 g/mol. The number of aromatic nitrogens is 2. The van der Waals surface area contributed by atoms with E-state index in [-0.39, 0.29) is 0 Å². The fourth-order valence-electron chi connectivity index (χ4n) is 3.28. The number of benzene rings is 1. The van der Waals surface area contributed by atoms with Gasteiger partial charge in [-0.3, -0.25) is 4.90 Å². The van der Waals surface area contributed by atoms with Crippen LogP contribution in [0.1, 0.15) is 25.3 Å². The van der Waals surface area contributed by atoms with Crippen LogP contribution in [0.25, 0.3) is 11.0 Å². The van der Waals surface area contributed by atoms with Gasteiger partial charge in [-0.15, -0.1) is 0 Å². The average Bonchev–Trinajstić information content (AvgIpc) is 3.15. The zero-order valence-corrected chi connectivity index (χ0v) is 13.1. The first-order valence-corrected chi connectivity index (χ1v) is 8.05. The fraction of sp³-hybridized carbons (Fsp3) is 0.533. The lowest BCUT2D eigenvalue weighted by Gasteiger charge is -2.27. The standard InChI is InChI=1S/C15H18ClN3S/c1-9-6-19-14-11(8-18(9)7-10-2-3-10)4-12(16)5-13(14)17-15(19)20/h4-5,9-10H,2-3,6-8H2,1H3,(H,17,20)/t9-/m0/s1. The molecule has 0 unspecified atom stereocenters. The summed E-state index contributed by atoms with van der Waals surface area (Å²) in [5.74, 6) is 0.902. The molecular formula is C15H18ClN3S. The molecule has 0 amide bonds. The normalized spacial score (nSPS) is 23.2. The van der Waals surface area contributed by atoms with Crippen molar-refractivity contribution in [2.45, 2.75) is 38.9 Å². The maximum absolute atomic E-state index is 6.26. The molecule has 2 heterocycles. The summed E-state index contributed by atoms with van der Waals surface area (Å²) < 4.78 is 3.05. The van der Waals surface area contributed by atoms with E-state index in [2.05, 4.69) is 27.4 Å². The Kier molecular flexibility index (Phi) is 2.95. The number of H-pyrrole nitrogens is 1. The smallest absolute Gasteiger partial charge is 0.178 e. The van der Waals surface area contributed by atoms with Crippen LogP contribution >= 0.6 is 23.8 Å². The van der Waals surface area contributed by atoms with Crippen LogP contribution in [0.4, 0.5) is 0 Å². The van der Waals surface area contributed by atoms with Gasteiger partial charge >= 0.3 is 0 Å². The topological polar surface area (TPSA) is 24.0 Å². The molecule has 1 atom stereocenters. The molecule has 0 radical (unpaired) electrons. The Hall–Kier alpha value is -0.840. The second kappa shape index (κ2) is 4.58. The predicted octanol–water partition coefficient (Wildman–Crippen LogP) is 3.97. The first kappa shape index (κ1) is 12.9. The highest BCUT2D eigenvalue weighted by Gasteiger charge is 2.29. The molecule has 1 aromatic carbocycles. The highest BCUT2D eigenvalue weighted by molar-refractivity contribution is 7.71. The van der Waals surface area contributed by atoms with Crippen molar-refractivity contribution in [2.75, 3.05) is 6.54 Å². The lowest BCUT2D eigenvalue weighted by Crippen LogP contribution is -2.35. The van der Waals surface area contributed by atoms with Gasteiger partial charge < -0.3 is 9.55 Å². The van der Waals surface area contributed by atoms with E-state index < -0.39 is 0 Å². The highest BCUT2D eigenvalue weighted by atomic mass is 35.5. The van der Waals surface area contributed by atoms with Crippen molar-refractivity contribution in [1.29, 1.82) is 0 Å². The fourth-order valence-corrected chi connectivity index (χ4v) is 3.80. The number of hydrogen-bond acceptors (Lipinski definition) is 2. The molecule has 1 saturated carbocycles. The van der Waals surface area contributed by atoms with E-state index in [1.165, 1.54) is 30.5 Å². The number of imidazole rings is 1. The van der Waals surface area contributed by atoms with Crippen molar-refractivity contribution < 1.29 is 0 Å². The van der Waals surface area contributed by atoms with Gasteiger partial charge in [-0.25, -0.2) is 0 Å². The summed E-state index contributed by atoms with van der Waals surface area (Å²) in [6.07, 6.45) is 2.78. The summed E-state index contributed by atoms with van der Waals surface area (Å²) in [5.41, 5.74) is 3.60. The van der Waals surface area contributed by atoms with E-state index in [1.807, 2.05) is 6.07 Å². The van der Waals surface area contributed by atoms with Crippen molar-refractivity contribution >= 4 is 34.9 Å². The number of halogens is 1. The molecule has 5 heteroatoms. The number of nitrogens with zero attached hydrogens (tertiary/aromatic N) is 2. The summed E-state index contributed by atoms with van der Waals surface area (Å²) in [5, 5.41) is 0.789. The first-order valence-electron chi connectivity index (χ1n) is 7.27. The van der Waals surface area contributed by atoms with Gasteiger partial charge in [0, 0.05) is 30.7 Å². The Bertz CT molecular complexity index is 729. The van der Waals surface area contributed by atoms with Crippen LogP contribution in [0, 0.1) is 10.7 Å². The van der Waals surface area contributed by atoms with Crippen molar-refractivity contribution in [3.8, 4) is 0 Å². The molecule has 1 aromatic heterocycles. The zero-order valence-electron chi connectivity index (χ0n) is 11.5. The zero-order chi connectivity index (χ0) is 13.9. The van der Waals surface area contributed by atoms with Gasteiger partial charge in [-0.2, -0.15) is 0 Å². The summed E-state index contributed by atoms with van der Waals surface area (Å²) in [4.78, 5) is 5.88. The molecule has 20 heavy (non-hydrogen) atoms. The minimum atomic E-state index is 0.507. The number of rotatable bonds is 2. The van der Waals surface area contributed by atoms with Gasteiger partial charge in [0.25, 0.3) is 0 Å². The summed E-state index contributed by atoms with van der Waals surface area (Å²) in [7, 11) is 0. The Morgan fingerprint density at radius 2 is 2.20 bits per heavy atom. The Morgan fingerprint density at radius 3 is 2.95 bits per heavy atom. The number of nitrogens with one attached hydrogen (secondary N) is 1. The number of hydrogen-bond donors (Lipinski definition) is 1. The maximum atomic E-state index is 6.26. The molecule has 2 aromatic rings. The first-order chi connectivity index (χ1) is 9.61.